The lowest BCUT2D eigenvalue weighted by Crippen LogP contribution is -2.32. The van der Waals surface area contributed by atoms with Gasteiger partial charge < -0.3 is 29.2 Å². The van der Waals surface area contributed by atoms with Crippen LogP contribution in [-0.2, 0) is 14.3 Å². The first kappa shape index (κ1) is 31.9. The highest BCUT2D eigenvalue weighted by molar-refractivity contribution is 6.31. The lowest BCUT2D eigenvalue weighted by atomic mass is 9.85. The second-order valence-electron chi connectivity index (χ2n) is 9.85. The van der Waals surface area contributed by atoms with Gasteiger partial charge in [-0.3, -0.25) is 9.59 Å². The van der Waals surface area contributed by atoms with Crippen LogP contribution in [-0.4, -0.2) is 56.6 Å². The fourth-order valence-corrected chi connectivity index (χ4v) is 5.10. The predicted molar refractivity (Wildman–Crippen MR) is 153 cm³/mol. The number of pyridine rings is 1. The van der Waals surface area contributed by atoms with E-state index in [1.54, 1.807) is 0 Å². The van der Waals surface area contributed by atoms with E-state index in [9.17, 15) is 27.6 Å². The Morgan fingerprint density at radius 2 is 1.86 bits per heavy atom. The number of H-pyrrole nitrogens is 1. The average molecular weight is 623 g/mol. The van der Waals surface area contributed by atoms with Crippen molar-refractivity contribution >= 4 is 29.2 Å². The third-order valence-electron chi connectivity index (χ3n) is 6.93. The van der Waals surface area contributed by atoms with Crippen molar-refractivity contribution in [2.24, 2.45) is 0 Å². The summed E-state index contributed by atoms with van der Waals surface area (Å²) in [7, 11) is 2.57. The Morgan fingerprint density at radius 3 is 2.49 bits per heavy atom. The topological polar surface area (TPSA) is 116 Å². The van der Waals surface area contributed by atoms with Gasteiger partial charge >= 0.3 is 12.1 Å². The quantitative estimate of drug-likeness (QED) is 0.262. The van der Waals surface area contributed by atoms with Crippen LogP contribution in [0.4, 0.5) is 18.9 Å². The number of aromatic nitrogens is 1. The van der Waals surface area contributed by atoms with Crippen molar-refractivity contribution in [1.29, 1.82) is 0 Å². The van der Waals surface area contributed by atoms with E-state index in [0.717, 1.165) is 12.8 Å². The van der Waals surface area contributed by atoms with E-state index in [0.29, 0.717) is 18.7 Å². The number of anilines is 1. The lowest BCUT2D eigenvalue weighted by Gasteiger charge is -2.28. The zero-order valence-electron chi connectivity index (χ0n) is 23.4. The van der Waals surface area contributed by atoms with Gasteiger partial charge in [0.15, 0.2) is 6.61 Å². The van der Waals surface area contributed by atoms with E-state index in [-0.39, 0.29) is 51.3 Å². The molecule has 1 saturated heterocycles. The number of amides is 1. The monoisotopic (exact) mass is 622 g/mol. The van der Waals surface area contributed by atoms with Crippen LogP contribution in [0.2, 0.25) is 5.02 Å². The van der Waals surface area contributed by atoms with Gasteiger partial charge in [0.25, 0.3) is 5.56 Å². The van der Waals surface area contributed by atoms with Crippen LogP contribution < -0.4 is 20.3 Å². The maximum absolute atomic E-state index is 13.9. The number of hydrogen-bond donors (Lipinski definition) is 2. The number of halogens is 4. The second kappa shape index (κ2) is 14.0. The van der Waals surface area contributed by atoms with Gasteiger partial charge in [-0.1, -0.05) is 11.6 Å². The standard InChI is InChI=1S/C30H30ClF3N2O7/c1-40-24-15-35-28(38)26(25(24)21-13-18(31)8-11-23(21)43-16-30(32,33)34)22(14-20-5-3-4-12-42-20)27(37)36-19-9-6-17(7-10-19)29(39)41-2/h6-11,13,15,20,22H,3-5,12,14,16H2,1-2H3,(H,35,38)(H,36,37)/t20-,22?/m1/s1. The molecule has 43 heavy (non-hydrogen) atoms. The molecule has 0 bridgehead atoms. The third kappa shape index (κ3) is 8.08. The first-order valence-corrected chi connectivity index (χ1v) is 13.8. The predicted octanol–water partition coefficient (Wildman–Crippen LogP) is 6.11. The molecule has 1 fully saturated rings. The van der Waals surface area contributed by atoms with E-state index in [1.165, 1.54) is 62.9 Å². The molecule has 2 N–H and O–H groups in total. The number of alkyl halides is 3. The van der Waals surface area contributed by atoms with Gasteiger partial charge in [-0.2, -0.15) is 13.2 Å². The molecular formula is C30H30ClF3N2O7. The molecule has 0 spiro atoms. The Morgan fingerprint density at radius 1 is 1.12 bits per heavy atom. The van der Waals surface area contributed by atoms with Crippen LogP contribution in [0.3, 0.4) is 0 Å². The molecule has 0 aliphatic carbocycles. The van der Waals surface area contributed by atoms with Gasteiger partial charge in [0.05, 0.1) is 31.8 Å². The van der Waals surface area contributed by atoms with Crippen LogP contribution in [0.1, 0.15) is 47.5 Å². The molecule has 3 aromatic rings. The summed E-state index contributed by atoms with van der Waals surface area (Å²) < 4.78 is 60.6. The highest BCUT2D eigenvalue weighted by Gasteiger charge is 2.34. The average Bonchev–Trinajstić information content (AvgIpc) is 2.99. The molecule has 1 aliphatic heterocycles. The Labute approximate surface area is 250 Å². The molecule has 9 nitrogen and oxygen atoms in total. The zero-order valence-corrected chi connectivity index (χ0v) is 24.1. The van der Waals surface area contributed by atoms with Crippen molar-refractivity contribution in [1.82, 2.24) is 4.98 Å². The minimum Gasteiger partial charge on any atom is -0.495 e. The van der Waals surface area contributed by atoms with Crippen molar-refractivity contribution in [3.05, 3.63) is 75.2 Å². The maximum Gasteiger partial charge on any atom is 0.422 e. The number of benzene rings is 2. The minimum atomic E-state index is -4.64. The Kier molecular flexibility index (Phi) is 10.4. The van der Waals surface area contributed by atoms with Crippen molar-refractivity contribution in [2.45, 2.75) is 43.9 Å². The maximum atomic E-state index is 13.9. The summed E-state index contributed by atoms with van der Waals surface area (Å²) in [4.78, 5) is 41.9. The molecule has 2 heterocycles. The van der Waals surface area contributed by atoms with Gasteiger partial charge in [-0.25, -0.2) is 4.79 Å². The number of carbonyl (C=O) groups is 2. The SMILES string of the molecule is COC(=O)c1ccc(NC(=O)C(C[C@H]2CCCCO2)c2c(-c3cc(Cl)ccc3OCC(F)(F)F)c(OC)c[nH]c2=O)cc1. The first-order valence-electron chi connectivity index (χ1n) is 13.4. The van der Waals surface area contributed by atoms with Crippen molar-refractivity contribution < 1.29 is 41.7 Å². The van der Waals surface area contributed by atoms with Crippen LogP contribution in [0.15, 0.2) is 53.5 Å². The Bertz CT molecular complexity index is 1500. The number of carbonyl (C=O) groups excluding carboxylic acids is 2. The summed E-state index contributed by atoms with van der Waals surface area (Å²) in [6, 6.07) is 9.93. The lowest BCUT2D eigenvalue weighted by molar-refractivity contribution is -0.153. The number of esters is 1. The Hall–Kier alpha value is -4.03. The van der Waals surface area contributed by atoms with Crippen LogP contribution >= 0.6 is 11.6 Å². The molecule has 4 rings (SSSR count). The Balaban J connectivity index is 1.84. The number of hydrogen-bond acceptors (Lipinski definition) is 7. The van der Waals surface area contributed by atoms with Gasteiger partial charge in [-0.15, -0.1) is 0 Å². The smallest absolute Gasteiger partial charge is 0.422 e. The van der Waals surface area contributed by atoms with Crippen LogP contribution in [0, 0.1) is 0 Å². The summed E-state index contributed by atoms with van der Waals surface area (Å²) in [6.07, 6.45) is -1.30. The molecule has 1 unspecified atom stereocenters. The number of aromatic amines is 1. The molecule has 0 saturated carbocycles. The largest absolute Gasteiger partial charge is 0.495 e. The van der Waals surface area contributed by atoms with Gasteiger partial charge in [-0.05, 0) is 68.1 Å². The first-order chi connectivity index (χ1) is 20.5. The number of nitrogens with one attached hydrogen (secondary N) is 2. The van der Waals surface area contributed by atoms with Gasteiger partial charge in [0.1, 0.15) is 11.5 Å². The molecular weight excluding hydrogens is 593 g/mol. The molecule has 13 heteroatoms. The molecule has 230 valence electrons. The highest BCUT2D eigenvalue weighted by Crippen LogP contribution is 2.43. The van der Waals surface area contributed by atoms with E-state index >= 15 is 0 Å². The number of rotatable bonds is 10. The molecule has 1 amide bonds. The fourth-order valence-electron chi connectivity index (χ4n) is 4.93. The van der Waals surface area contributed by atoms with Gasteiger partial charge in [0, 0.05) is 40.2 Å². The molecule has 2 atom stereocenters. The third-order valence-corrected chi connectivity index (χ3v) is 7.16. The van der Waals surface area contributed by atoms with E-state index in [1.807, 2.05) is 0 Å². The van der Waals surface area contributed by atoms with Crippen LogP contribution in [0.5, 0.6) is 11.5 Å². The summed E-state index contributed by atoms with van der Waals surface area (Å²) in [5, 5.41) is 2.94. The van der Waals surface area contributed by atoms with Crippen molar-refractivity contribution in [3.8, 4) is 22.6 Å². The van der Waals surface area contributed by atoms with Crippen molar-refractivity contribution in [2.75, 3.05) is 32.8 Å². The normalized spacial score (nSPS) is 15.8. The summed E-state index contributed by atoms with van der Waals surface area (Å²) in [5.74, 6) is -2.41. The minimum absolute atomic E-state index is 0.0412. The van der Waals surface area contributed by atoms with Crippen LogP contribution in [0.25, 0.3) is 11.1 Å². The second-order valence-corrected chi connectivity index (χ2v) is 10.3. The van der Waals surface area contributed by atoms with E-state index in [4.69, 9.17) is 30.5 Å². The zero-order chi connectivity index (χ0) is 31.1. The molecule has 2 aromatic carbocycles. The molecule has 1 aromatic heterocycles. The van der Waals surface area contributed by atoms with E-state index < -0.39 is 36.1 Å². The summed E-state index contributed by atoms with van der Waals surface area (Å²) in [5.41, 5.74) is -0.00939. The number of methoxy groups -OCH3 is 2. The van der Waals surface area contributed by atoms with Crippen molar-refractivity contribution in [3.63, 3.8) is 0 Å². The summed E-state index contributed by atoms with van der Waals surface area (Å²) >= 11 is 6.26. The fraction of sp³-hybridized carbons (Fsp3) is 0.367. The molecule has 0 radical (unpaired) electrons. The highest BCUT2D eigenvalue weighted by atomic mass is 35.5. The van der Waals surface area contributed by atoms with E-state index in [2.05, 4.69) is 10.3 Å². The summed E-state index contributed by atoms with van der Waals surface area (Å²) in [6.45, 7) is -1.11. The van der Waals surface area contributed by atoms with Gasteiger partial charge in [0.2, 0.25) is 5.91 Å². The number of ether oxygens (including phenoxy) is 4. The molecule has 1 aliphatic rings.